The van der Waals surface area contributed by atoms with Gasteiger partial charge in [-0.2, -0.15) is 0 Å². The molecule has 1 aliphatic rings. The first kappa shape index (κ1) is 12.6. The number of rotatable bonds is 3. The van der Waals surface area contributed by atoms with Gasteiger partial charge in [0.1, 0.15) is 0 Å². The fraction of sp³-hybridized carbons (Fsp3) is 0.294. The van der Waals surface area contributed by atoms with Gasteiger partial charge in [-0.15, -0.1) is 11.3 Å². The predicted molar refractivity (Wildman–Crippen MR) is 83.8 cm³/mol. The highest BCUT2D eigenvalue weighted by Crippen LogP contribution is 2.36. The van der Waals surface area contributed by atoms with Crippen molar-refractivity contribution in [3.05, 3.63) is 63.4 Å². The van der Waals surface area contributed by atoms with Gasteiger partial charge in [-0.3, -0.25) is 0 Å². The van der Waals surface area contributed by atoms with Gasteiger partial charge in [0, 0.05) is 4.88 Å². The Bertz CT molecular complexity index is 595. The van der Waals surface area contributed by atoms with Gasteiger partial charge in [-0.05, 0) is 66.6 Å². The van der Waals surface area contributed by atoms with E-state index in [-0.39, 0.29) is 0 Å². The molecule has 0 bridgehead atoms. The second kappa shape index (κ2) is 5.72. The zero-order chi connectivity index (χ0) is 13.1. The Kier molecular flexibility index (Phi) is 3.81. The summed E-state index contributed by atoms with van der Waals surface area (Å²) in [7, 11) is 2.01. The van der Waals surface area contributed by atoms with Gasteiger partial charge >= 0.3 is 0 Å². The maximum Gasteiger partial charge on any atom is 0.0127 e. The molecule has 0 fully saturated rings. The first-order valence-electron chi connectivity index (χ1n) is 6.90. The highest BCUT2D eigenvalue weighted by atomic mass is 32.1. The monoisotopic (exact) mass is 269 g/mol. The molecule has 1 aromatic carbocycles. The third-order valence-electron chi connectivity index (χ3n) is 3.71. The van der Waals surface area contributed by atoms with Crippen LogP contribution in [0.2, 0.25) is 0 Å². The number of hydrogen-bond acceptors (Lipinski definition) is 2. The lowest BCUT2D eigenvalue weighted by Gasteiger charge is -2.09. The van der Waals surface area contributed by atoms with Gasteiger partial charge in [-0.25, -0.2) is 0 Å². The van der Waals surface area contributed by atoms with Crippen molar-refractivity contribution in [2.24, 2.45) is 0 Å². The van der Waals surface area contributed by atoms with Crippen molar-refractivity contribution in [3.8, 4) is 0 Å². The summed E-state index contributed by atoms with van der Waals surface area (Å²) in [5.74, 6) is 0. The van der Waals surface area contributed by atoms with Crippen molar-refractivity contribution in [3.63, 3.8) is 0 Å². The van der Waals surface area contributed by atoms with E-state index in [0.717, 1.165) is 19.4 Å². The molecule has 1 N–H and O–H groups in total. The number of fused-ring (bicyclic) bond motifs is 2. The quantitative estimate of drug-likeness (QED) is 0.834. The van der Waals surface area contributed by atoms with Gasteiger partial charge in [-0.1, -0.05) is 30.3 Å². The molecule has 0 unspecified atom stereocenters. The molecule has 1 heterocycles. The number of nitrogens with one attached hydrogen (secondary N) is 1. The van der Waals surface area contributed by atoms with Crippen LogP contribution in [0.15, 0.2) is 41.8 Å². The van der Waals surface area contributed by atoms with Crippen LogP contribution in [0.5, 0.6) is 0 Å². The van der Waals surface area contributed by atoms with Gasteiger partial charge in [0.05, 0.1) is 0 Å². The van der Waals surface area contributed by atoms with E-state index in [1.165, 1.54) is 33.6 Å². The Hall–Kier alpha value is -1.38. The third kappa shape index (κ3) is 2.51. The Morgan fingerprint density at radius 2 is 2.05 bits per heavy atom. The van der Waals surface area contributed by atoms with Crippen molar-refractivity contribution in [2.75, 3.05) is 13.6 Å². The smallest absolute Gasteiger partial charge is 0.0127 e. The predicted octanol–water partition coefficient (Wildman–Crippen LogP) is 3.89. The SMILES string of the molecule is CNCC/C=C1\c2ccccc2CCc2sccc21. The van der Waals surface area contributed by atoms with Crippen LogP contribution in [0, 0.1) is 0 Å². The Morgan fingerprint density at radius 3 is 2.95 bits per heavy atom. The van der Waals surface area contributed by atoms with Crippen LogP contribution in [-0.4, -0.2) is 13.6 Å². The summed E-state index contributed by atoms with van der Waals surface area (Å²) < 4.78 is 0. The molecule has 0 aliphatic heterocycles. The van der Waals surface area contributed by atoms with Gasteiger partial charge in [0.2, 0.25) is 0 Å². The van der Waals surface area contributed by atoms with Crippen LogP contribution in [-0.2, 0) is 12.8 Å². The third-order valence-corrected chi connectivity index (χ3v) is 4.69. The van der Waals surface area contributed by atoms with E-state index in [1.807, 2.05) is 18.4 Å². The number of benzene rings is 1. The van der Waals surface area contributed by atoms with Gasteiger partial charge in [0.25, 0.3) is 0 Å². The van der Waals surface area contributed by atoms with Crippen LogP contribution in [0.4, 0.5) is 0 Å². The molecular weight excluding hydrogens is 250 g/mol. The molecular formula is C17H19NS. The minimum Gasteiger partial charge on any atom is -0.319 e. The van der Waals surface area contributed by atoms with E-state index >= 15 is 0 Å². The van der Waals surface area contributed by atoms with Crippen molar-refractivity contribution in [1.29, 1.82) is 0 Å². The Labute approximate surface area is 119 Å². The topological polar surface area (TPSA) is 12.0 Å². The van der Waals surface area contributed by atoms with E-state index in [4.69, 9.17) is 0 Å². The molecule has 1 aliphatic carbocycles. The largest absolute Gasteiger partial charge is 0.319 e. The van der Waals surface area contributed by atoms with E-state index in [1.54, 1.807) is 0 Å². The average molecular weight is 269 g/mol. The van der Waals surface area contributed by atoms with E-state index in [9.17, 15) is 0 Å². The highest BCUT2D eigenvalue weighted by Gasteiger charge is 2.18. The molecule has 0 spiro atoms. The molecule has 0 saturated heterocycles. The molecule has 3 rings (SSSR count). The maximum absolute atomic E-state index is 3.22. The summed E-state index contributed by atoms with van der Waals surface area (Å²) in [4.78, 5) is 1.53. The Balaban J connectivity index is 2.08. The standard InChI is InChI=1S/C17H19NS/c1-18-11-4-7-15-14-6-3-2-5-13(14)8-9-17-16(15)10-12-19-17/h2-3,5-7,10,12,18H,4,8-9,11H2,1H3/b15-7+. The first-order valence-corrected chi connectivity index (χ1v) is 7.78. The number of hydrogen-bond donors (Lipinski definition) is 1. The zero-order valence-corrected chi connectivity index (χ0v) is 12.1. The second-order valence-electron chi connectivity index (χ2n) is 4.92. The fourth-order valence-electron chi connectivity index (χ4n) is 2.75. The molecule has 19 heavy (non-hydrogen) atoms. The molecule has 1 aromatic heterocycles. The first-order chi connectivity index (χ1) is 9.40. The highest BCUT2D eigenvalue weighted by molar-refractivity contribution is 7.10. The van der Waals surface area contributed by atoms with E-state index in [0.29, 0.717) is 0 Å². The molecule has 0 saturated carbocycles. The lowest BCUT2D eigenvalue weighted by atomic mass is 9.95. The van der Waals surface area contributed by atoms with Crippen molar-refractivity contribution in [1.82, 2.24) is 5.32 Å². The van der Waals surface area contributed by atoms with Gasteiger partial charge in [0.15, 0.2) is 0 Å². The molecule has 2 heteroatoms. The summed E-state index contributed by atoms with van der Waals surface area (Å²) in [5, 5.41) is 5.45. The van der Waals surface area contributed by atoms with Crippen LogP contribution < -0.4 is 5.32 Å². The van der Waals surface area contributed by atoms with Gasteiger partial charge < -0.3 is 5.32 Å². The lowest BCUT2D eigenvalue weighted by molar-refractivity contribution is 0.808. The van der Waals surface area contributed by atoms with Crippen LogP contribution in [0.25, 0.3) is 5.57 Å². The molecule has 0 radical (unpaired) electrons. The fourth-order valence-corrected chi connectivity index (χ4v) is 3.64. The molecule has 0 amide bonds. The van der Waals surface area contributed by atoms with Crippen molar-refractivity contribution >= 4 is 16.9 Å². The van der Waals surface area contributed by atoms with Crippen molar-refractivity contribution < 1.29 is 0 Å². The summed E-state index contributed by atoms with van der Waals surface area (Å²) in [6.07, 6.45) is 5.81. The second-order valence-corrected chi connectivity index (χ2v) is 5.93. The summed E-state index contributed by atoms with van der Waals surface area (Å²) in [6.45, 7) is 1.03. The average Bonchev–Trinajstić information content (AvgIpc) is 2.85. The molecule has 0 atom stereocenters. The van der Waals surface area contributed by atoms with E-state index in [2.05, 4.69) is 47.1 Å². The minimum atomic E-state index is 1.03. The number of thiophene rings is 1. The zero-order valence-electron chi connectivity index (χ0n) is 11.3. The molecule has 1 nitrogen and oxygen atoms in total. The maximum atomic E-state index is 3.22. The normalized spacial score (nSPS) is 15.9. The van der Waals surface area contributed by atoms with Crippen LogP contribution in [0.3, 0.4) is 0 Å². The van der Waals surface area contributed by atoms with Crippen LogP contribution in [0.1, 0.15) is 28.0 Å². The lowest BCUT2D eigenvalue weighted by Crippen LogP contribution is -2.06. The molecule has 2 aromatic rings. The van der Waals surface area contributed by atoms with Crippen LogP contribution >= 0.6 is 11.3 Å². The summed E-state index contributed by atoms with van der Waals surface area (Å²) in [5.41, 5.74) is 5.79. The van der Waals surface area contributed by atoms with E-state index < -0.39 is 0 Å². The summed E-state index contributed by atoms with van der Waals surface area (Å²) >= 11 is 1.90. The number of aryl methyl sites for hydroxylation is 2. The Morgan fingerprint density at radius 1 is 1.16 bits per heavy atom. The summed E-state index contributed by atoms with van der Waals surface area (Å²) in [6, 6.07) is 11.1. The minimum absolute atomic E-state index is 1.03. The molecule has 98 valence electrons. The van der Waals surface area contributed by atoms with Crippen molar-refractivity contribution in [2.45, 2.75) is 19.3 Å².